The van der Waals surface area contributed by atoms with Crippen LogP contribution >= 0.6 is 0 Å². The van der Waals surface area contributed by atoms with Gasteiger partial charge in [0.1, 0.15) is 0 Å². The molecule has 1 rings (SSSR count). The molecule has 0 amide bonds. The summed E-state index contributed by atoms with van der Waals surface area (Å²) in [4.78, 5) is 0. The monoisotopic (exact) mass is 270 g/mol. The molecule has 1 aliphatic rings. The minimum atomic E-state index is -0.534. The summed E-state index contributed by atoms with van der Waals surface area (Å²) in [6.45, 7) is 9.80. The minimum absolute atomic E-state index is 0.0883. The molecule has 1 saturated heterocycles. The zero-order chi connectivity index (χ0) is 14.3. The maximum Gasteiger partial charge on any atom is 0.163 e. The standard InChI is InChI=1S/C16H30O3/c1-5-7-8-10-14-12-15(11-13(17)9-6-2)19-16(3,4)18-14/h6,13-15,17H,2,5,7-12H2,1,3-4H3/t13-,14+,15-/m1/s1. The molecule has 0 aliphatic carbocycles. The summed E-state index contributed by atoms with van der Waals surface area (Å²) in [5.41, 5.74) is 0. The van der Waals surface area contributed by atoms with Gasteiger partial charge in [0.25, 0.3) is 0 Å². The van der Waals surface area contributed by atoms with Crippen LogP contribution in [0.2, 0.25) is 0 Å². The first-order valence-corrected chi connectivity index (χ1v) is 7.61. The van der Waals surface area contributed by atoms with E-state index >= 15 is 0 Å². The highest BCUT2D eigenvalue weighted by molar-refractivity contribution is 4.81. The van der Waals surface area contributed by atoms with E-state index in [1.807, 2.05) is 13.8 Å². The first-order chi connectivity index (χ1) is 8.96. The van der Waals surface area contributed by atoms with Gasteiger partial charge in [0.05, 0.1) is 18.3 Å². The molecular weight excluding hydrogens is 240 g/mol. The lowest BCUT2D eigenvalue weighted by Gasteiger charge is -2.41. The van der Waals surface area contributed by atoms with Crippen molar-refractivity contribution in [2.24, 2.45) is 0 Å². The molecule has 0 aromatic rings. The number of hydrogen-bond donors (Lipinski definition) is 1. The van der Waals surface area contributed by atoms with Gasteiger partial charge in [0.15, 0.2) is 5.79 Å². The third kappa shape index (κ3) is 6.55. The molecule has 1 aliphatic heterocycles. The van der Waals surface area contributed by atoms with Crippen molar-refractivity contribution >= 4 is 0 Å². The summed E-state index contributed by atoms with van der Waals surface area (Å²) >= 11 is 0. The molecule has 0 radical (unpaired) electrons. The van der Waals surface area contributed by atoms with Crippen LogP contribution in [0.25, 0.3) is 0 Å². The van der Waals surface area contributed by atoms with Gasteiger partial charge in [-0.2, -0.15) is 0 Å². The Morgan fingerprint density at radius 1 is 1.32 bits per heavy atom. The average molecular weight is 270 g/mol. The van der Waals surface area contributed by atoms with Crippen LogP contribution in [0, 0.1) is 0 Å². The number of aliphatic hydroxyl groups is 1. The van der Waals surface area contributed by atoms with Crippen molar-refractivity contribution in [1.82, 2.24) is 0 Å². The van der Waals surface area contributed by atoms with Crippen molar-refractivity contribution < 1.29 is 14.6 Å². The van der Waals surface area contributed by atoms with Crippen molar-refractivity contribution in [3.8, 4) is 0 Å². The Morgan fingerprint density at radius 3 is 2.63 bits per heavy atom. The molecule has 3 nitrogen and oxygen atoms in total. The lowest BCUT2D eigenvalue weighted by Crippen LogP contribution is -2.45. The van der Waals surface area contributed by atoms with Crippen LogP contribution in [-0.2, 0) is 9.47 Å². The Balaban J connectivity index is 2.45. The first kappa shape index (κ1) is 16.7. The van der Waals surface area contributed by atoms with Crippen molar-refractivity contribution in [3.05, 3.63) is 12.7 Å². The summed E-state index contributed by atoms with van der Waals surface area (Å²) in [6, 6.07) is 0. The Labute approximate surface area is 118 Å². The number of aliphatic hydroxyl groups excluding tert-OH is 1. The molecule has 19 heavy (non-hydrogen) atoms. The first-order valence-electron chi connectivity index (χ1n) is 7.61. The second kappa shape index (κ2) is 8.03. The van der Waals surface area contributed by atoms with Gasteiger partial charge in [0, 0.05) is 12.8 Å². The quantitative estimate of drug-likeness (QED) is 0.538. The minimum Gasteiger partial charge on any atom is -0.393 e. The molecule has 1 fully saturated rings. The average Bonchev–Trinajstić information content (AvgIpc) is 2.27. The normalized spacial score (nSPS) is 28.0. The topological polar surface area (TPSA) is 38.7 Å². The highest BCUT2D eigenvalue weighted by Gasteiger charge is 2.35. The van der Waals surface area contributed by atoms with Crippen LogP contribution in [0.5, 0.6) is 0 Å². The van der Waals surface area contributed by atoms with Crippen LogP contribution < -0.4 is 0 Å². The van der Waals surface area contributed by atoms with E-state index in [4.69, 9.17) is 9.47 Å². The van der Waals surface area contributed by atoms with E-state index in [9.17, 15) is 5.11 Å². The van der Waals surface area contributed by atoms with Crippen LogP contribution in [0.1, 0.15) is 65.7 Å². The zero-order valence-corrected chi connectivity index (χ0v) is 12.7. The maximum absolute atomic E-state index is 9.88. The smallest absolute Gasteiger partial charge is 0.163 e. The SMILES string of the molecule is C=CC[C@@H](O)C[C@@H]1C[C@H](CCCCC)OC(C)(C)O1. The Hall–Kier alpha value is -0.380. The third-order valence-corrected chi connectivity index (χ3v) is 3.53. The van der Waals surface area contributed by atoms with Gasteiger partial charge in [-0.05, 0) is 26.7 Å². The van der Waals surface area contributed by atoms with E-state index in [0.29, 0.717) is 12.8 Å². The largest absolute Gasteiger partial charge is 0.393 e. The molecule has 0 aromatic carbocycles. The van der Waals surface area contributed by atoms with Crippen LogP contribution in [0.4, 0.5) is 0 Å². The highest BCUT2D eigenvalue weighted by Crippen LogP contribution is 2.31. The molecule has 1 N–H and O–H groups in total. The molecule has 3 atom stereocenters. The van der Waals surface area contributed by atoms with Gasteiger partial charge in [-0.1, -0.05) is 32.3 Å². The molecule has 1 heterocycles. The molecule has 0 unspecified atom stereocenters. The van der Waals surface area contributed by atoms with Crippen LogP contribution in [0.3, 0.4) is 0 Å². The van der Waals surface area contributed by atoms with Crippen molar-refractivity contribution in [1.29, 1.82) is 0 Å². The number of hydrogen-bond acceptors (Lipinski definition) is 3. The highest BCUT2D eigenvalue weighted by atomic mass is 16.7. The van der Waals surface area contributed by atoms with E-state index in [-0.39, 0.29) is 18.3 Å². The number of unbranched alkanes of at least 4 members (excludes halogenated alkanes) is 2. The predicted molar refractivity (Wildman–Crippen MR) is 78.0 cm³/mol. The van der Waals surface area contributed by atoms with E-state index in [1.165, 1.54) is 19.3 Å². The van der Waals surface area contributed by atoms with E-state index in [1.54, 1.807) is 6.08 Å². The number of ether oxygens (including phenoxy) is 2. The maximum atomic E-state index is 9.88. The zero-order valence-electron chi connectivity index (χ0n) is 12.7. The Morgan fingerprint density at radius 2 is 2.00 bits per heavy atom. The van der Waals surface area contributed by atoms with Crippen molar-refractivity contribution in [2.75, 3.05) is 0 Å². The van der Waals surface area contributed by atoms with Crippen LogP contribution in [-0.4, -0.2) is 29.2 Å². The van der Waals surface area contributed by atoms with Crippen molar-refractivity contribution in [2.45, 2.75) is 89.8 Å². The lowest BCUT2D eigenvalue weighted by atomic mass is 9.98. The fraction of sp³-hybridized carbons (Fsp3) is 0.875. The summed E-state index contributed by atoms with van der Waals surface area (Å²) in [6.07, 6.45) is 8.72. The molecule has 0 aromatic heterocycles. The van der Waals surface area contributed by atoms with E-state index < -0.39 is 5.79 Å². The fourth-order valence-corrected chi connectivity index (χ4v) is 2.76. The molecule has 0 saturated carbocycles. The summed E-state index contributed by atoms with van der Waals surface area (Å²) < 4.78 is 11.9. The van der Waals surface area contributed by atoms with Gasteiger partial charge in [0.2, 0.25) is 0 Å². The predicted octanol–water partition coefficient (Wildman–Crippen LogP) is 3.80. The summed E-state index contributed by atoms with van der Waals surface area (Å²) in [5, 5.41) is 9.88. The van der Waals surface area contributed by atoms with Crippen LogP contribution in [0.15, 0.2) is 12.7 Å². The van der Waals surface area contributed by atoms with Gasteiger partial charge in [-0.15, -0.1) is 6.58 Å². The Kier molecular flexibility index (Phi) is 7.05. The van der Waals surface area contributed by atoms with Gasteiger partial charge in [-0.25, -0.2) is 0 Å². The summed E-state index contributed by atoms with van der Waals surface area (Å²) in [7, 11) is 0. The van der Waals surface area contributed by atoms with Gasteiger partial charge >= 0.3 is 0 Å². The third-order valence-electron chi connectivity index (χ3n) is 3.53. The van der Waals surface area contributed by atoms with Gasteiger partial charge < -0.3 is 14.6 Å². The Bertz CT molecular complexity index is 263. The molecule has 112 valence electrons. The van der Waals surface area contributed by atoms with E-state index in [0.717, 1.165) is 12.8 Å². The molecule has 3 heteroatoms. The molecule has 0 spiro atoms. The van der Waals surface area contributed by atoms with E-state index in [2.05, 4.69) is 13.5 Å². The molecular formula is C16H30O3. The van der Waals surface area contributed by atoms with Crippen molar-refractivity contribution in [3.63, 3.8) is 0 Å². The lowest BCUT2D eigenvalue weighted by molar-refractivity contribution is -0.303. The molecule has 0 bridgehead atoms. The van der Waals surface area contributed by atoms with Gasteiger partial charge in [-0.3, -0.25) is 0 Å². The summed E-state index contributed by atoms with van der Waals surface area (Å²) in [5.74, 6) is -0.534. The fourth-order valence-electron chi connectivity index (χ4n) is 2.76. The second-order valence-corrected chi connectivity index (χ2v) is 6.02. The number of rotatable bonds is 8. The second-order valence-electron chi connectivity index (χ2n) is 6.02.